The number of methoxy groups -OCH3 is 1. The monoisotopic (exact) mass is 635 g/mol. The molecular formula is C35H57NO9. The van der Waals surface area contributed by atoms with E-state index in [4.69, 9.17) is 18.9 Å². The zero-order chi connectivity index (χ0) is 33.5. The number of allylic oxidation sites excluding steroid dienone is 2. The van der Waals surface area contributed by atoms with Crippen LogP contribution >= 0.6 is 0 Å². The van der Waals surface area contributed by atoms with Gasteiger partial charge in [0.15, 0.2) is 0 Å². The second kappa shape index (κ2) is 16.2. The van der Waals surface area contributed by atoms with Crippen molar-refractivity contribution in [2.45, 2.75) is 153 Å². The number of carbonyl (C=O) groups excluding carboxylic acids is 2. The number of epoxide rings is 1. The molecule has 256 valence electrons. The highest BCUT2D eigenvalue weighted by molar-refractivity contribution is 5.70. The van der Waals surface area contributed by atoms with Crippen LogP contribution in [-0.2, 0) is 28.5 Å². The van der Waals surface area contributed by atoms with Gasteiger partial charge in [0.25, 0.3) is 0 Å². The average Bonchev–Trinajstić information content (AvgIpc) is 3.72. The SMILES string of the molecule is CC[C@H](OC)[C@@H](C)[C@H]1O[C@@H]1C(NC1CCC1)C(C)(O)/C=C/C=C(\C)[C@@H]1OC(=O)C[C@H](O)CC[C@@](C)(O)[C@@H](OC(C)=O)/C=C/[C@@H]1C. The summed E-state index contributed by atoms with van der Waals surface area (Å²) >= 11 is 0. The van der Waals surface area contributed by atoms with Gasteiger partial charge in [-0.25, -0.2) is 0 Å². The van der Waals surface area contributed by atoms with Crippen molar-refractivity contribution in [3.8, 4) is 0 Å². The normalized spacial score (nSPS) is 36.0. The van der Waals surface area contributed by atoms with E-state index in [2.05, 4.69) is 19.2 Å². The summed E-state index contributed by atoms with van der Waals surface area (Å²) in [6.45, 7) is 12.5. The number of hydrogen-bond acceptors (Lipinski definition) is 10. The summed E-state index contributed by atoms with van der Waals surface area (Å²) in [5.41, 5.74) is -1.95. The van der Waals surface area contributed by atoms with E-state index in [1.165, 1.54) is 13.3 Å². The minimum Gasteiger partial charge on any atom is -0.457 e. The van der Waals surface area contributed by atoms with Crippen LogP contribution < -0.4 is 5.32 Å². The zero-order valence-corrected chi connectivity index (χ0v) is 28.4. The van der Waals surface area contributed by atoms with Gasteiger partial charge < -0.3 is 39.6 Å². The molecule has 0 radical (unpaired) electrons. The molecule has 0 aromatic carbocycles. The second-order valence-electron chi connectivity index (χ2n) is 13.8. The maximum atomic E-state index is 12.8. The molecule has 10 nitrogen and oxygen atoms in total. The lowest BCUT2D eigenvalue weighted by atomic mass is 9.84. The van der Waals surface area contributed by atoms with E-state index in [1.54, 1.807) is 45.3 Å². The molecule has 3 rings (SSSR count). The Morgan fingerprint density at radius 3 is 2.51 bits per heavy atom. The van der Waals surface area contributed by atoms with E-state index in [0.717, 1.165) is 24.8 Å². The van der Waals surface area contributed by atoms with Crippen molar-refractivity contribution in [2.24, 2.45) is 11.8 Å². The topological polar surface area (TPSA) is 147 Å². The second-order valence-corrected chi connectivity index (χ2v) is 13.8. The number of aliphatic hydroxyl groups is 3. The predicted octanol–water partition coefficient (Wildman–Crippen LogP) is 3.91. The van der Waals surface area contributed by atoms with Gasteiger partial charge >= 0.3 is 11.9 Å². The fourth-order valence-corrected chi connectivity index (χ4v) is 6.44. The third kappa shape index (κ3) is 10.5. The molecular weight excluding hydrogens is 578 g/mol. The van der Waals surface area contributed by atoms with Gasteiger partial charge in [0, 0.05) is 31.9 Å². The van der Waals surface area contributed by atoms with E-state index in [9.17, 15) is 24.9 Å². The molecule has 0 aromatic rings. The van der Waals surface area contributed by atoms with Crippen molar-refractivity contribution in [2.75, 3.05) is 7.11 Å². The molecule has 4 N–H and O–H groups in total. The van der Waals surface area contributed by atoms with E-state index in [1.807, 2.05) is 19.9 Å². The Kier molecular flexibility index (Phi) is 13.4. The van der Waals surface area contributed by atoms with Crippen LogP contribution in [0.25, 0.3) is 0 Å². The lowest BCUT2D eigenvalue weighted by Gasteiger charge is -2.37. The molecule has 2 heterocycles. The molecule has 1 aliphatic carbocycles. The molecule has 1 saturated carbocycles. The number of aliphatic hydroxyl groups excluding tert-OH is 1. The number of rotatable bonds is 12. The molecule has 2 aliphatic heterocycles. The lowest BCUT2D eigenvalue weighted by molar-refractivity contribution is -0.157. The predicted molar refractivity (Wildman–Crippen MR) is 171 cm³/mol. The average molecular weight is 636 g/mol. The summed E-state index contributed by atoms with van der Waals surface area (Å²) in [6.07, 6.45) is 10.2. The highest BCUT2D eigenvalue weighted by atomic mass is 16.6. The van der Waals surface area contributed by atoms with Crippen LogP contribution in [0.15, 0.2) is 36.0 Å². The van der Waals surface area contributed by atoms with Crippen LogP contribution in [-0.4, -0.2) is 94.3 Å². The molecule has 10 heteroatoms. The van der Waals surface area contributed by atoms with Gasteiger partial charge in [-0.05, 0) is 64.5 Å². The van der Waals surface area contributed by atoms with Gasteiger partial charge in [-0.1, -0.05) is 51.5 Å². The summed E-state index contributed by atoms with van der Waals surface area (Å²) in [6, 6.07) is 0.0231. The summed E-state index contributed by atoms with van der Waals surface area (Å²) in [5, 5.41) is 36.9. The van der Waals surface area contributed by atoms with Crippen molar-refractivity contribution >= 4 is 11.9 Å². The number of hydrogen-bond donors (Lipinski definition) is 4. The standard InChI is InChI=1S/C35H57NO9/c1-9-27(42-8)23(4)31-32(45-31)33(36-25-13-10-14-25)35(7,41)18-11-12-21(2)30-22(3)15-16-28(43-24(5)37)34(6,40)19-17-26(38)20-29(39)44-30/h11-12,15-16,18,22-23,25-28,30-33,36,38,40-41H,9-10,13-14,17,19-20H2,1-8H3/b16-15+,18-11+,21-12+/t22-,23+,26+,27-,28-,30-,31+,32-,33?,34+,35?/m0/s1. The van der Waals surface area contributed by atoms with Crippen LogP contribution in [0.4, 0.5) is 0 Å². The van der Waals surface area contributed by atoms with Crippen molar-refractivity contribution < 1.29 is 43.9 Å². The number of ether oxygens (including phenoxy) is 4. The Bertz CT molecular complexity index is 1070. The van der Waals surface area contributed by atoms with Gasteiger partial charge in [0.1, 0.15) is 23.9 Å². The maximum Gasteiger partial charge on any atom is 0.309 e. The quantitative estimate of drug-likeness (QED) is 0.108. The van der Waals surface area contributed by atoms with E-state index in [-0.39, 0.29) is 55.5 Å². The van der Waals surface area contributed by atoms with E-state index >= 15 is 0 Å². The van der Waals surface area contributed by atoms with Crippen molar-refractivity contribution in [1.82, 2.24) is 5.32 Å². The largest absolute Gasteiger partial charge is 0.457 e. The fraction of sp³-hybridized carbons (Fsp3) is 0.771. The van der Waals surface area contributed by atoms with Crippen LogP contribution in [0.3, 0.4) is 0 Å². The Morgan fingerprint density at radius 1 is 1.24 bits per heavy atom. The van der Waals surface area contributed by atoms with Gasteiger partial charge in [-0.3, -0.25) is 9.59 Å². The molecule has 2 unspecified atom stereocenters. The smallest absolute Gasteiger partial charge is 0.309 e. The fourth-order valence-electron chi connectivity index (χ4n) is 6.44. The molecule has 0 amide bonds. The summed E-state index contributed by atoms with van der Waals surface area (Å²) in [7, 11) is 1.72. The molecule has 0 aromatic heterocycles. The summed E-state index contributed by atoms with van der Waals surface area (Å²) < 4.78 is 23.1. The Morgan fingerprint density at radius 2 is 1.93 bits per heavy atom. The van der Waals surface area contributed by atoms with Crippen LogP contribution in [0, 0.1) is 11.8 Å². The van der Waals surface area contributed by atoms with Gasteiger partial charge in [-0.2, -0.15) is 0 Å². The highest BCUT2D eigenvalue weighted by Gasteiger charge is 2.54. The molecule has 3 aliphatic rings. The number of carbonyl (C=O) groups is 2. The minimum atomic E-state index is -1.44. The molecule has 0 spiro atoms. The highest BCUT2D eigenvalue weighted by Crippen LogP contribution is 2.39. The van der Waals surface area contributed by atoms with Crippen LogP contribution in [0.2, 0.25) is 0 Å². The maximum absolute atomic E-state index is 12.8. The minimum absolute atomic E-state index is 0.0140. The van der Waals surface area contributed by atoms with Gasteiger partial charge in [0.2, 0.25) is 0 Å². The van der Waals surface area contributed by atoms with Gasteiger partial charge in [-0.15, -0.1) is 0 Å². The number of cyclic esters (lactones) is 1. The Balaban J connectivity index is 1.82. The Labute approximate surface area is 269 Å². The van der Waals surface area contributed by atoms with Gasteiger partial charge in [0.05, 0.1) is 36.4 Å². The third-order valence-electron chi connectivity index (χ3n) is 9.71. The van der Waals surface area contributed by atoms with Crippen LogP contribution in [0.5, 0.6) is 0 Å². The Hall–Kier alpha value is -2.08. The van der Waals surface area contributed by atoms with E-state index < -0.39 is 41.5 Å². The van der Waals surface area contributed by atoms with E-state index in [0.29, 0.717) is 6.04 Å². The third-order valence-corrected chi connectivity index (χ3v) is 9.71. The molecule has 2 fully saturated rings. The van der Waals surface area contributed by atoms with Crippen LogP contribution in [0.1, 0.15) is 93.4 Å². The molecule has 45 heavy (non-hydrogen) atoms. The lowest BCUT2D eigenvalue weighted by Crippen LogP contribution is -2.56. The first-order valence-corrected chi connectivity index (χ1v) is 16.6. The molecule has 11 atom stereocenters. The molecule has 0 bridgehead atoms. The van der Waals surface area contributed by atoms with Crippen molar-refractivity contribution in [1.29, 1.82) is 0 Å². The zero-order valence-electron chi connectivity index (χ0n) is 28.4. The number of esters is 2. The molecule has 1 saturated heterocycles. The first kappa shape index (κ1) is 37.4. The summed E-state index contributed by atoms with van der Waals surface area (Å²) in [5.74, 6) is -1.25. The van der Waals surface area contributed by atoms with Crippen molar-refractivity contribution in [3.05, 3.63) is 36.0 Å². The summed E-state index contributed by atoms with van der Waals surface area (Å²) in [4.78, 5) is 24.6. The van der Waals surface area contributed by atoms with Crippen molar-refractivity contribution in [3.63, 3.8) is 0 Å². The first-order valence-electron chi connectivity index (χ1n) is 16.6. The number of nitrogens with one attached hydrogen (secondary N) is 1. The first-order chi connectivity index (χ1) is 21.1.